The maximum absolute atomic E-state index is 4.20. The lowest BCUT2D eigenvalue weighted by Gasteiger charge is -2.02. The fraction of sp³-hybridized carbons (Fsp3) is 0.857. The van der Waals surface area contributed by atoms with Crippen LogP contribution in [0.3, 0.4) is 0 Å². The summed E-state index contributed by atoms with van der Waals surface area (Å²) in [6.45, 7) is 16.8. The Morgan fingerprint density at radius 3 is 1.47 bits per heavy atom. The van der Waals surface area contributed by atoms with Gasteiger partial charge in [-0.25, -0.2) is 0 Å². The molecule has 0 aliphatic carbocycles. The van der Waals surface area contributed by atoms with Gasteiger partial charge in [0.2, 0.25) is 0 Å². The summed E-state index contributed by atoms with van der Waals surface area (Å²) in [5.74, 6) is 1.13. The fourth-order valence-electron chi connectivity index (χ4n) is 0.685. The van der Waals surface area contributed by atoms with Crippen molar-refractivity contribution in [3.05, 3.63) is 0 Å². The van der Waals surface area contributed by atoms with E-state index >= 15 is 0 Å². The predicted molar refractivity (Wildman–Crippen MR) is 80.1 cm³/mol. The zero-order valence-corrected chi connectivity index (χ0v) is 12.9. The lowest BCUT2D eigenvalue weighted by Crippen LogP contribution is -2.16. The molecule has 0 aromatic rings. The van der Waals surface area contributed by atoms with E-state index in [0.29, 0.717) is 23.9 Å². The topological polar surface area (TPSA) is 36.8 Å². The number of rotatable bonds is 5. The van der Waals surface area contributed by atoms with Crippen molar-refractivity contribution in [2.45, 2.75) is 67.5 Å². The van der Waals surface area contributed by atoms with Crippen LogP contribution in [0, 0.1) is 11.8 Å². The predicted octanol–water partition coefficient (Wildman–Crippen LogP) is 3.75. The van der Waals surface area contributed by atoms with Crippen LogP contribution in [0.1, 0.15) is 55.4 Å². The van der Waals surface area contributed by atoms with E-state index < -0.39 is 0 Å². The first-order chi connectivity index (χ1) is 7.75. The first kappa shape index (κ1) is 18.5. The third-order valence-corrected chi connectivity index (χ3v) is 1.39. The Morgan fingerprint density at radius 2 is 1.24 bits per heavy atom. The molecule has 0 aromatic heterocycles. The van der Waals surface area contributed by atoms with Gasteiger partial charge in [0.15, 0.2) is 0 Å². The summed E-state index contributed by atoms with van der Waals surface area (Å²) < 4.78 is 0. The first-order valence-corrected chi connectivity index (χ1v) is 6.57. The Hall–Kier alpha value is -0.860. The van der Waals surface area contributed by atoms with E-state index in [0.717, 1.165) is 0 Å². The van der Waals surface area contributed by atoms with Gasteiger partial charge in [-0.3, -0.25) is 4.99 Å². The molecule has 0 spiro atoms. The molecule has 1 N–H and O–H groups in total. The molecule has 0 aliphatic heterocycles. The number of hydrogen-bond donors (Lipinski definition) is 1. The van der Waals surface area contributed by atoms with Gasteiger partial charge in [-0.1, -0.05) is 27.7 Å². The van der Waals surface area contributed by atoms with Gasteiger partial charge in [0.05, 0.1) is 0 Å². The molecule has 0 heterocycles. The van der Waals surface area contributed by atoms with Gasteiger partial charge in [-0.15, -0.1) is 0 Å². The molecule has 0 amide bonds. The highest BCUT2D eigenvalue weighted by Gasteiger charge is 1.86. The molecule has 3 nitrogen and oxygen atoms in total. The second kappa shape index (κ2) is 11.6. The minimum atomic E-state index is 0.444. The van der Waals surface area contributed by atoms with E-state index in [1.54, 1.807) is 0 Å². The molecule has 0 atom stereocenters. The summed E-state index contributed by atoms with van der Waals surface area (Å²) in [5, 5.41) is 4.00. The fourth-order valence-corrected chi connectivity index (χ4v) is 0.685. The molecule has 0 aliphatic rings. The van der Waals surface area contributed by atoms with Gasteiger partial charge >= 0.3 is 0 Å². The maximum atomic E-state index is 4.20. The molecular formula is C14H31N3. The normalized spacial score (nSPS) is 12.0. The Morgan fingerprint density at radius 1 is 0.765 bits per heavy atom. The SMILES string of the molecule is CC(C)C=NC(C)C.CC(C)C=NNC(C)C. The first-order valence-electron chi connectivity index (χ1n) is 6.57. The van der Waals surface area contributed by atoms with Crippen molar-refractivity contribution in [2.24, 2.45) is 21.9 Å². The van der Waals surface area contributed by atoms with Gasteiger partial charge < -0.3 is 5.43 Å². The van der Waals surface area contributed by atoms with Crippen LogP contribution < -0.4 is 5.43 Å². The van der Waals surface area contributed by atoms with Crippen LogP contribution in [-0.2, 0) is 0 Å². The van der Waals surface area contributed by atoms with Gasteiger partial charge in [-0.2, -0.15) is 5.10 Å². The van der Waals surface area contributed by atoms with Crippen LogP contribution in [0.4, 0.5) is 0 Å². The monoisotopic (exact) mass is 241 g/mol. The minimum absolute atomic E-state index is 0.444. The van der Waals surface area contributed by atoms with Crippen molar-refractivity contribution in [2.75, 3.05) is 0 Å². The molecule has 0 saturated carbocycles. The number of nitrogens with zero attached hydrogens (tertiary/aromatic N) is 2. The van der Waals surface area contributed by atoms with Crippen LogP contribution in [0.2, 0.25) is 0 Å². The van der Waals surface area contributed by atoms with Crippen LogP contribution in [-0.4, -0.2) is 24.5 Å². The number of hydrazone groups is 1. The van der Waals surface area contributed by atoms with Gasteiger partial charge in [-0.05, 0) is 39.5 Å². The van der Waals surface area contributed by atoms with Gasteiger partial charge in [0, 0.05) is 24.5 Å². The molecule has 0 saturated heterocycles. The highest BCUT2D eigenvalue weighted by molar-refractivity contribution is 5.59. The summed E-state index contributed by atoms with van der Waals surface area (Å²) in [6.07, 6.45) is 3.89. The van der Waals surface area contributed by atoms with E-state index in [2.05, 4.69) is 70.9 Å². The lowest BCUT2D eigenvalue weighted by molar-refractivity contribution is 0.618. The molecule has 0 fully saturated rings. The summed E-state index contributed by atoms with van der Waals surface area (Å²) in [6, 6.07) is 0.900. The van der Waals surface area contributed by atoms with Crippen LogP contribution in [0.5, 0.6) is 0 Å². The highest BCUT2D eigenvalue weighted by atomic mass is 15.3. The third-order valence-electron chi connectivity index (χ3n) is 1.39. The molecule has 0 rings (SSSR count). The Bertz CT molecular complexity index is 194. The Kier molecular flexibility index (Phi) is 12.6. The molecule has 17 heavy (non-hydrogen) atoms. The standard InChI is InChI=1S/C7H16N2.C7H15N/c1-6(2)5-8-9-7(3)4;1-6(2)5-8-7(3)4/h5-7,9H,1-4H3;5-7H,1-4H3. The van der Waals surface area contributed by atoms with Crippen LogP contribution in [0.15, 0.2) is 10.1 Å². The zero-order chi connectivity index (χ0) is 13.8. The second-order valence-electron chi connectivity index (χ2n) is 5.44. The van der Waals surface area contributed by atoms with Crippen molar-refractivity contribution in [1.82, 2.24) is 5.43 Å². The molecule has 102 valence electrons. The van der Waals surface area contributed by atoms with E-state index in [1.807, 2.05) is 12.4 Å². The summed E-state index contributed by atoms with van der Waals surface area (Å²) in [4.78, 5) is 4.20. The zero-order valence-electron chi connectivity index (χ0n) is 12.9. The Labute approximate surface area is 108 Å². The quantitative estimate of drug-likeness (QED) is 0.577. The minimum Gasteiger partial charge on any atom is -0.308 e. The van der Waals surface area contributed by atoms with Gasteiger partial charge in [0.25, 0.3) is 0 Å². The number of hydrogen-bond acceptors (Lipinski definition) is 3. The average molecular weight is 241 g/mol. The van der Waals surface area contributed by atoms with E-state index in [-0.39, 0.29) is 0 Å². The third kappa shape index (κ3) is 25.4. The molecule has 0 radical (unpaired) electrons. The van der Waals surface area contributed by atoms with Gasteiger partial charge in [0.1, 0.15) is 0 Å². The van der Waals surface area contributed by atoms with E-state index in [1.165, 1.54) is 0 Å². The average Bonchev–Trinajstić information content (AvgIpc) is 2.14. The van der Waals surface area contributed by atoms with Crippen molar-refractivity contribution in [3.63, 3.8) is 0 Å². The summed E-state index contributed by atoms with van der Waals surface area (Å²) in [5.41, 5.74) is 2.95. The van der Waals surface area contributed by atoms with Crippen molar-refractivity contribution in [1.29, 1.82) is 0 Å². The maximum Gasteiger partial charge on any atom is 0.0439 e. The van der Waals surface area contributed by atoms with Crippen LogP contribution >= 0.6 is 0 Å². The molecule has 0 unspecified atom stereocenters. The number of aliphatic imine (C=N–C) groups is 1. The highest BCUT2D eigenvalue weighted by Crippen LogP contribution is 1.89. The summed E-state index contributed by atoms with van der Waals surface area (Å²) >= 11 is 0. The van der Waals surface area contributed by atoms with Crippen molar-refractivity contribution < 1.29 is 0 Å². The molecule has 0 aromatic carbocycles. The smallest absolute Gasteiger partial charge is 0.0439 e. The summed E-state index contributed by atoms with van der Waals surface area (Å²) in [7, 11) is 0. The molecular weight excluding hydrogens is 210 g/mol. The van der Waals surface area contributed by atoms with Crippen LogP contribution in [0.25, 0.3) is 0 Å². The molecule has 3 heteroatoms. The Balaban J connectivity index is 0. The second-order valence-corrected chi connectivity index (χ2v) is 5.44. The lowest BCUT2D eigenvalue weighted by atomic mass is 10.2. The largest absolute Gasteiger partial charge is 0.308 e. The van der Waals surface area contributed by atoms with E-state index in [4.69, 9.17) is 0 Å². The van der Waals surface area contributed by atoms with Crippen molar-refractivity contribution in [3.8, 4) is 0 Å². The van der Waals surface area contributed by atoms with Crippen molar-refractivity contribution >= 4 is 12.4 Å². The molecule has 0 bridgehead atoms. The number of nitrogens with one attached hydrogen (secondary N) is 1. The van der Waals surface area contributed by atoms with E-state index in [9.17, 15) is 0 Å².